The number of ether oxygens (including phenoxy) is 1. The number of nitrogens with zero attached hydrogens (tertiary/aromatic N) is 3. The summed E-state index contributed by atoms with van der Waals surface area (Å²) in [5, 5.41) is 0. The molecular weight excluding hydrogens is 334 g/mol. The van der Waals surface area contributed by atoms with Gasteiger partial charge in [0.15, 0.2) is 0 Å². The van der Waals surface area contributed by atoms with Crippen molar-refractivity contribution in [3.05, 3.63) is 29.8 Å². The molecule has 2 aliphatic rings. The molecule has 7 nitrogen and oxygen atoms in total. The van der Waals surface area contributed by atoms with Gasteiger partial charge in [0.25, 0.3) is 5.91 Å². The average Bonchev–Trinajstić information content (AvgIpc) is 2.66. The van der Waals surface area contributed by atoms with Gasteiger partial charge >= 0.3 is 0 Å². The van der Waals surface area contributed by atoms with Gasteiger partial charge in [-0.1, -0.05) is 25.5 Å². The van der Waals surface area contributed by atoms with Crippen molar-refractivity contribution < 1.29 is 19.1 Å². The van der Waals surface area contributed by atoms with Crippen LogP contribution in [-0.4, -0.2) is 78.3 Å². The maximum absolute atomic E-state index is 13.0. The van der Waals surface area contributed by atoms with Gasteiger partial charge < -0.3 is 19.4 Å². The van der Waals surface area contributed by atoms with E-state index >= 15 is 0 Å². The molecule has 3 rings (SSSR count). The van der Waals surface area contributed by atoms with Gasteiger partial charge in [-0.05, 0) is 18.6 Å². The Hall–Kier alpha value is -2.57. The van der Waals surface area contributed by atoms with Crippen LogP contribution in [0.3, 0.4) is 0 Å². The molecule has 1 aromatic rings. The molecule has 0 spiro atoms. The summed E-state index contributed by atoms with van der Waals surface area (Å²) in [5.74, 6) is 0.226. The van der Waals surface area contributed by atoms with E-state index < -0.39 is 6.04 Å². The lowest BCUT2D eigenvalue weighted by Gasteiger charge is -2.45. The Morgan fingerprint density at radius 1 is 1.23 bits per heavy atom. The molecule has 0 saturated carbocycles. The first-order valence-corrected chi connectivity index (χ1v) is 9.08. The van der Waals surface area contributed by atoms with E-state index in [1.54, 1.807) is 35.0 Å². The molecule has 1 aromatic carbocycles. The van der Waals surface area contributed by atoms with Crippen LogP contribution in [0.1, 0.15) is 30.1 Å². The normalized spacial score (nSPS) is 20.2. The number of rotatable bonds is 5. The number of unbranched alkanes of at least 4 members (excludes halogenated alkanes) is 1. The highest BCUT2D eigenvalue weighted by molar-refractivity contribution is 5.99. The lowest BCUT2D eigenvalue weighted by molar-refractivity contribution is -0.157. The van der Waals surface area contributed by atoms with E-state index in [0.29, 0.717) is 31.0 Å². The van der Waals surface area contributed by atoms with Crippen molar-refractivity contribution in [3.8, 4) is 5.75 Å². The van der Waals surface area contributed by atoms with E-state index in [4.69, 9.17) is 4.74 Å². The van der Waals surface area contributed by atoms with E-state index in [-0.39, 0.29) is 30.8 Å². The fraction of sp³-hybridized carbons (Fsp3) is 0.526. The zero-order valence-corrected chi connectivity index (χ0v) is 15.3. The third kappa shape index (κ3) is 3.52. The smallest absolute Gasteiger partial charge is 0.257 e. The first kappa shape index (κ1) is 18.2. The van der Waals surface area contributed by atoms with Crippen LogP contribution in [0.5, 0.6) is 5.75 Å². The second-order valence-corrected chi connectivity index (χ2v) is 6.75. The van der Waals surface area contributed by atoms with Gasteiger partial charge in [-0.25, -0.2) is 0 Å². The first-order chi connectivity index (χ1) is 12.5. The molecule has 1 atom stereocenters. The monoisotopic (exact) mass is 359 g/mol. The van der Waals surface area contributed by atoms with Crippen molar-refractivity contribution in [3.63, 3.8) is 0 Å². The number of amides is 3. The Kier molecular flexibility index (Phi) is 5.44. The van der Waals surface area contributed by atoms with E-state index in [1.807, 2.05) is 6.07 Å². The van der Waals surface area contributed by atoms with Gasteiger partial charge in [0, 0.05) is 20.1 Å². The van der Waals surface area contributed by atoms with Crippen LogP contribution in [0, 0.1) is 0 Å². The third-order valence-electron chi connectivity index (χ3n) is 4.89. The minimum atomic E-state index is -0.591. The van der Waals surface area contributed by atoms with E-state index in [2.05, 4.69) is 6.92 Å². The molecule has 0 unspecified atom stereocenters. The van der Waals surface area contributed by atoms with Gasteiger partial charge in [-0.3, -0.25) is 14.4 Å². The Balaban J connectivity index is 1.75. The van der Waals surface area contributed by atoms with Crippen LogP contribution in [0.4, 0.5) is 0 Å². The molecule has 3 amide bonds. The van der Waals surface area contributed by atoms with Gasteiger partial charge in [0.2, 0.25) is 11.8 Å². The molecule has 0 N–H and O–H groups in total. The summed E-state index contributed by atoms with van der Waals surface area (Å²) in [4.78, 5) is 42.2. The zero-order chi connectivity index (χ0) is 18.7. The zero-order valence-electron chi connectivity index (χ0n) is 15.3. The summed E-state index contributed by atoms with van der Waals surface area (Å²) < 4.78 is 5.76. The summed E-state index contributed by atoms with van der Waals surface area (Å²) in [7, 11) is 1.62. The second-order valence-electron chi connectivity index (χ2n) is 6.75. The highest BCUT2D eigenvalue weighted by Gasteiger charge is 2.42. The number of piperazine rings is 2. The quantitative estimate of drug-likeness (QED) is 0.735. The first-order valence-electron chi connectivity index (χ1n) is 9.08. The summed E-state index contributed by atoms with van der Waals surface area (Å²) in [6.07, 6.45) is 1.94. The number of likely N-dealkylation sites (N-methyl/N-ethyl adjacent to an activating group) is 1. The molecule has 0 aliphatic carbocycles. The maximum atomic E-state index is 13.0. The summed E-state index contributed by atoms with van der Waals surface area (Å²) >= 11 is 0. The third-order valence-corrected chi connectivity index (χ3v) is 4.89. The van der Waals surface area contributed by atoms with Gasteiger partial charge in [0.05, 0.1) is 25.3 Å². The summed E-state index contributed by atoms with van der Waals surface area (Å²) in [6.45, 7) is 3.78. The Bertz CT molecular complexity index is 706. The number of para-hydroxylation sites is 1. The van der Waals surface area contributed by atoms with Crippen LogP contribution in [-0.2, 0) is 9.59 Å². The number of carbonyl (C=O) groups excluding carboxylic acids is 3. The van der Waals surface area contributed by atoms with Crippen molar-refractivity contribution in [2.75, 3.05) is 39.8 Å². The largest absolute Gasteiger partial charge is 0.493 e. The number of fused-ring (bicyclic) bond motifs is 1. The molecule has 2 saturated heterocycles. The van der Waals surface area contributed by atoms with Crippen LogP contribution in [0.15, 0.2) is 24.3 Å². The van der Waals surface area contributed by atoms with Crippen molar-refractivity contribution in [2.45, 2.75) is 25.8 Å². The van der Waals surface area contributed by atoms with Gasteiger partial charge in [0.1, 0.15) is 11.8 Å². The molecule has 7 heteroatoms. The van der Waals surface area contributed by atoms with Crippen molar-refractivity contribution >= 4 is 17.7 Å². The Morgan fingerprint density at radius 2 is 2.00 bits per heavy atom. The van der Waals surface area contributed by atoms with Crippen LogP contribution >= 0.6 is 0 Å². The maximum Gasteiger partial charge on any atom is 0.257 e. The average molecular weight is 359 g/mol. The highest BCUT2D eigenvalue weighted by Crippen LogP contribution is 2.23. The van der Waals surface area contributed by atoms with E-state index in [0.717, 1.165) is 12.8 Å². The molecule has 2 heterocycles. The fourth-order valence-electron chi connectivity index (χ4n) is 3.37. The summed E-state index contributed by atoms with van der Waals surface area (Å²) in [5.41, 5.74) is 0.500. The minimum Gasteiger partial charge on any atom is -0.493 e. The van der Waals surface area contributed by atoms with Gasteiger partial charge in [-0.15, -0.1) is 0 Å². The molecule has 2 fully saturated rings. The van der Waals surface area contributed by atoms with E-state index in [9.17, 15) is 14.4 Å². The van der Waals surface area contributed by atoms with Crippen LogP contribution in [0.2, 0.25) is 0 Å². The predicted molar refractivity (Wildman–Crippen MR) is 95.9 cm³/mol. The lowest BCUT2D eigenvalue weighted by atomic mass is 10.1. The topological polar surface area (TPSA) is 70.2 Å². The summed E-state index contributed by atoms with van der Waals surface area (Å²) in [6, 6.07) is 6.60. The van der Waals surface area contributed by atoms with Crippen molar-refractivity contribution in [1.82, 2.24) is 14.7 Å². The predicted octanol–water partition coefficient (Wildman–Crippen LogP) is 0.990. The highest BCUT2D eigenvalue weighted by atomic mass is 16.5. The minimum absolute atomic E-state index is 0.0625. The Labute approximate surface area is 153 Å². The number of hydrogen-bond acceptors (Lipinski definition) is 4. The molecule has 26 heavy (non-hydrogen) atoms. The van der Waals surface area contributed by atoms with Crippen molar-refractivity contribution in [1.29, 1.82) is 0 Å². The molecule has 0 bridgehead atoms. The molecule has 0 aromatic heterocycles. The fourth-order valence-corrected chi connectivity index (χ4v) is 3.37. The molecule has 140 valence electrons. The standard InChI is InChI=1S/C19H25N3O4/c1-3-4-11-26-16-8-6-5-7-14(16)18(24)21-9-10-22-15(12-21)19(25)20(2)13-17(22)23/h5-8,15H,3-4,9-13H2,1-2H3/t15-/m0/s1. The van der Waals surface area contributed by atoms with Crippen LogP contribution in [0.25, 0.3) is 0 Å². The molecule has 0 radical (unpaired) electrons. The second kappa shape index (κ2) is 7.76. The van der Waals surface area contributed by atoms with Crippen LogP contribution < -0.4 is 4.74 Å². The van der Waals surface area contributed by atoms with Gasteiger partial charge in [-0.2, -0.15) is 0 Å². The molecule has 2 aliphatic heterocycles. The Morgan fingerprint density at radius 3 is 2.77 bits per heavy atom. The van der Waals surface area contributed by atoms with E-state index in [1.165, 1.54) is 4.90 Å². The SMILES string of the molecule is CCCCOc1ccccc1C(=O)N1CCN2C(=O)CN(C)C(=O)[C@@H]2C1. The lowest BCUT2D eigenvalue weighted by Crippen LogP contribution is -2.66. The number of hydrogen-bond donors (Lipinski definition) is 0. The number of benzene rings is 1. The molecular formula is C19H25N3O4. The number of carbonyl (C=O) groups is 3. The van der Waals surface area contributed by atoms with Crippen molar-refractivity contribution in [2.24, 2.45) is 0 Å².